The maximum absolute atomic E-state index is 11.1. The Morgan fingerprint density at radius 2 is 1.87 bits per heavy atom. The van der Waals surface area contributed by atoms with E-state index in [0.717, 1.165) is 0 Å². The number of methoxy groups -OCH3 is 1. The summed E-state index contributed by atoms with van der Waals surface area (Å²) in [6, 6.07) is -0.879. The van der Waals surface area contributed by atoms with Gasteiger partial charge in [-0.2, -0.15) is 0 Å². The molecule has 0 bridgehead atoms. The van der Waals surface area contributed by atoms with Crippen molar-refractivity contribution >= 4 is 11.9 Å². The number of carbonyl (C=O) groups is 2. The van der Waals surface area contributed by atoms with Crippen LogP contribution in [-0.2, 0) is 14.3 Å². The number of carboxylic acids is 1. The Hall–Kier alpha value is -1.10. The minimum atomic E-state index is -0.943. The number of carboxylic acid groups (broad SMARTS) is 1. The van der Waals surface area contributed by atoms with E-state index in [1.165, 1.54) is 7.11 Å². The summed E-state index contributed by atoms with van der Waals surface area (Å²) in [7, 11) is 1.23. The Balaban J connectivity index is 4.57. The lowest BCUT2D eigenvalue weighted by molar-refractivity contribution is -0.148. The molecule has 0 heterocycles. The van der Waals surface area contributed by atoms with Crippen LogP contribution in [0.3, 0.4) is 0 Å². The molecular weight excluding hydrogens is 198 g/mol. The van der Waals surface area contributed by atoms with Crippen molar-refractivity contribution in [2.45, 2.75) is 33.2 Å². The summed E-state index contributed by atoms with van der Waals surface area (Å²) in [6.45, 7) is 5.40. The van der Waals surface area contributed by atoms with Crippen LogP contribution in [0.2, 0.25) is 0 Å². The highest BCUT2D eigenvalue weighted by Gasteiger charge is 2.34. The second-order valence-corrected chi connectivity index (χ2v) is 4.62. The number of rotatable bonds is 4. The lowest BCUT2D eigenvalue weighted by atomic mass is 9.77. The molecule has 3 N–H and O–H groups in total. The molecule has 0 saturated heterocycles. The molecule has 0 fully saturated rings. The summed E-state index contributed by atoms with van der Waals surface area (Å²) in [5, 5.41) is 9.00. The monoisotopic (exact) mass is 217 g/mol. The summed E-state index contributed by atoms with van der Waals surface area (Å²) in [6.07, 6.45) is 0.0888. The Labute approximate surface area is 89.6 Å². The molecule has 1 unspecified atom stereocenters. The van der Waals surface area contributed by atoms with Crippen molar-refractivity contribution in [3.05, 3.63) is 0 Å². The van der Waals surface area contributed by atoms with Gasteiger partial charge in [-0.15, -0.1) is 0 Å². The molecule has 15 heavy (non-hydrogen) atoms. The van der Waals surface area contributed by atoms with Crippen molar-refractivity contribution in [2.24, 2.45) is 17.1 Å². The Morgan fingerprint density at radius 1 is 1.40 bits per heavy atom. The molecular formula is C10H19NO4. The highest BCUT2D eigenvalue weighted by Crippen LogP contribution is 2.29. The van der Waals surface area contributed by atoms with Crippen LogP contribution >= 0.6 is 0 Å². The van der Waals surface area contributed by atoms with E-state index >= 15 is 0 Å². The standard InChI is InChI=1S/C10H19NO4/c1-10(2,3)6(8(12)13)5-7(11)9(14)15-4/h6-7H,5,11H2,1-4H3,(H,12,13)/t6?,7-/m1/s1. The molecule has 0 spiro atoms. The maximum Gasteiger partial charge on any atom is 0.322 e. The predicted octanol–water partition coefficient (Wildman–Crippen LogP) is 0.624. The Morgan fingerprint density at radius 3 is 2.13 bits per heavy atom. The van der Waals surface area contributed by atoms with Crippen molar-refractivity contribution in [2.75, 3.05) is 7.11 Å². The van der Waals surface area contributed by atoms with E-state index in [1.807, 2.05) is 0 Å². The fraction of sp³-hybridized carbons (Fsp3) is 0.800. The second-order valence-electron chi connectivity index (χ2n) is 4.62. The van der Waals surface area contributed by atoms with Crippen LogP contribution in [0.15, 0.2) is 0 Å². The van der Waals surface area contributed by atoms with E-state index in [9.17, 15) is 9.59 Å². The van der Waals surface area contributed by atoms with E-state index in [0.29, 0.717) is 0 Å². The van der Waals surface area contributed by atoms with Gasteiger partial charge in [-0.05, 0) is 11.8 Å². The molecule has 0 saturated carbocycles. The van der Waals surface area contributed by atoms with Gasteiger partial charge in [0.2, 0.25) is 0 Å². The van der Waals surface area contributed by atoms with Gasteiger partial charge in [0.1, 0.15) is 6.04 Å². The molecule has 0 aromatic rings. The van der Waals surface area contributed by atoms with Crippen molar-refractivity contribution in [3.8, 4) is 0 Å². The van der Waals surface area contributed by atoms with E-state index in [4.69, 9.17) is 10.8 Å². The van der Waals surface area contributed by atoms with Crippen LogP contribution in [0.1, 0.15) is 27.2 Å². The van der Waals surface area contributed by atoms with E-state index in [-0.39, 0.29) is 6.42 Å². The normalized spacial score (nSPS) is 15.5. The number of hydrogen-bond donors (Lipinski definition) is 2. The SMILES string of the molecule is COC(=O)[C@H](N)CC(C(=O)O)C(C)(C)C. The molecule has 0 aromatic carbocycles. The molecule has 0 rings (SSSR count). The summed E-state index contributed by atoms with van der Waals surface area (Å²) in [4.78, 5) is 22.0. The number of carbonyl (C=O) groups excluding carboxylic acids is 1. The number of ether oxygens (including phenoxy) is 1. The van der Waals surface area contributed by atoms with E-state index in [2.05, 4.69) is 4.74 Å². The van der Waals surface area contributed by atoms with Gasteiger partial charge in [-0.25, -0.2) is 0 Å². The topological polar surface area (TPSA) is 89.6 Å². The van der Waals surface area contributed by atoms with Crippen molar-refractivity contribution < 1.29 is 19.4 Å². The van der Waals surface area contributed by atoms with E-state index in [1.54, 1.807) is 20.8 Å². The van der Waals surface area contributed by atoms with Crippen LogP contribution in [0.25, 0.3) is 0 Å². The molecule has 5 heteroatoms. The smallest absolute Gasteiger partial charge is 0.322 e. The maximum atomic E-state index is 11.1. The van der Waals surface area contributed by atoms with Gasteiger partial charge >= 0.3 is 11.9 Å². The van der Waals surface area contributed by atoms with Crippen LogP contribution in [-0.4, -0.2) is 30.2 Å². The highest BCUT2D eigenvalue weighted by atomic mass is 16.5. The summed E-state index contributed by atoms with van der Waals surface area (Å²) in [5.74, 6) is -2.18. The molecule has 5 nitrogen and oxygen atoms in total. The van der Waals surface area contributed by atoms with E-state index < -0.39 is 29.3 Å². The van der Waals surface area contributed by atoms with Crippen molar-refractivity contribution in [1.82, 2.24) is 0 Å². The predicted molar refractivity (Wildman–Crippen MR) is 55.2 cm³/mol. The third kappa shape index (κ3) is 4.29. The average molecular weight is 217 g/mol. The van der Waals surface area contributed by atoms with Crippen LogP contribution < -0.4 is 5.73 Å². The van der Waals surface area contributed by atoms with Crippen LogP contribution in [0.4, 0.5) is 0 Å². The fourth-order valence-corrected chi connectivity index (χ4v) is 1.33. The first-order valence-corrected chi connectivity index (χ1v) is 4.76. The first kappa shape index (κ1) is 13.9. The zero-order valence-electron chi connectivity index (χ0n) is 9.61. The zero-order valence-corrected chi connectivity index (χ0v) is 9.61. The van der Waals surface area contributed by atoms with Crippen LogP contribution in [0.5, 0.6) is 0 Å². The first-order valence-electron chi connectivity index (χ1n) is 4.76. The third-order valence-electron chi connectivity index (χ3n) is 2.34. The number of nitrogens with two attached hydrogens (primary N) is 1. The average Bonchev–Trinajstić information content (AvgIpc) is 2.09. The summed E-state index contributed by atoms with van der Waals surface area (Å²) < 4.78 is 4.45. The largest absolute Gasteiger partial charge is 0.481 e. The minimum Gasteiger partial charge on any atom is -0.481 e. The number of aliphatic carboxylic acids is 1. The molecule has 88 valence electrons. The lowest BCUT2D eigenvalue weighted by Gasteiger charge is -2.28. The molecule has 0 radical (unpaired) electrons. The van der Waals surface area contributed by atoms with Gasteiger partial charge in [0.05, 0.1) is 13.0 Å². The molecule has 0 amide bonds. The van der Waals surface area contributed by atoms with Gasteiger partial charge in [-0.1, -0.05) is 20.8 Å². The molecule has 0 aliphatic rings. The lowest BCUT2D eigenvalue weighted by Crippen LogP contribution is -2.39. The molecule has 0 aromatic heterocycles. The second kappa shape index (κ2) is 5.11. The summed E-state index contributed by atoms with van der Waals surface area (Å²) >= 11 is 0. The molecule has 0 aliphatic heterocycles. The number of esters is 1. The van der Waals surface area contributed by atoms with Crippen LogP contribution in [0, 0.1) is 11.3 Å². The van der Waals surface area contributed by atoms with Gasteiger partial charge in [0, 0.05) is 0 Å². The fourth-order valence-electron chi connectivity index (χ4n) is 1.33. The Kier molecular flexibility index (Phi) is 4.74. The first-order chi connectivity index (χ1) is 6.70. The number of hydrogen-bond acceptors (Lipinski definition) is 4. The van der Waals surface area contributed by atoms with Gasteiger partial charge in [0.25, 0.3) is 0 Å². The van der Waals surface area contributed by atoms with Crippen molar-refractivity contribution in [3.63, 3.8) is 0 Å². The Bertz CT molecular complexity index is 244. The molecule has 2 atom stereocenters. The van der Waals surface area contributed by atoms with Crippen molar-refractivity contribution in [1.29, 1.82) is 0 Å². The summed E-state index contributed by atoms with van der Waals surface area (Å²) in [5.41, 5.74) is 5.09. The minimum absolute atomic E-state index is 0.0888. The van der Waals surface area contributed by atoms with Gasteiger partial charge in [-0.3, -0.25) is 9.59 Å². The quantitative estimate of drug-likeness (QED) is 0.674. The zero-order chi connectivity index (χ0) is 12.2. The molecule has 0 aliphatic carbocycles. The third-order valence-corrected chi connectivity index (χ3v) is 2.34. The van der Waals surface area contributed by atoms with Gasteiger partial charge in [0.15, 0.2) is 0 Å². The highest BCUT2D eigenvalue weighted by molar-refractivity contribution is 5.77. The van der Waals surface area contributed by atoms with Gasteiger partial charge < -0.3 is 15.6 Å².